The monoisotopic (exact) mass is 299 g/mol. The molecule has 1 aliphatic heterocycles. The summed E-state index contributed by atoms with van der Waals surface area (Å²) in [5, 5.41) is 3.29. The molecule has 0 saturated carbocycles. The smallest absolute Gasteiger partial charge is 0.138 e. The molecule has 1 saturated heterocycles. The highest BCUT2D eigenvalue weighted by Gasteiger charge is 2.18. The van der Waals surface area contributed by atoms with Gasteiger partial charge in [0, 0.05) is 18.9 Å². The quantitative estimate of drug-likeness (QED) is 0.926. The van der Waals surface area contributed by atoms with E-state index >= 15 is 0 Å². The lowest BCUT2D eigenvalue weighted by Crippen LogP contribution is -2.25. The molecule has 1 aromatic rings. The predicted octanol–water partition coefficient (Wildman–Crippen LogP) is 2.84. The van der Waals surface area contributed by atoms with Gasteiger partial charge in [0.2, 0.25) is 0 Å². The van der Waals surface area contributed by atoms with Gasteiger partial charge in [-0.05, 0) is 46.9 Å². The van der Waals surface area contributed by atoms with E-state index in [1.165, 1.54) is 6.07 Å². The fourth-order valence-electron chi connectivity index (χ4n) is 2.18. The van der Waals surface area contributed by atoms with Gasteiger partial charge in [0.1, 0.15) is 11.6 Å². The molecule has 4 heteroatoms. The zero-order valence-electron chi connectivity index (χ0n) is 9.51. The Hall–Kier alpha value is -0.740. The van der Waals surface area contributed by atoms with Gasteiger partial charge in [0.15, 0.2) is 0 Å². The Labute approximate surface area is 109 Å². The van der Waals surface area contributed by atoms with Gasteiger partial charge in [-0.15, -0.1) is 0 Å². The molecule has 1 heterocycles. The average molecular weight is 300 g/mol. The standard InChI is InChI=1S/C13H15BrFNO/c14-13-9(3-1-5-12(13)15)7-11(17)8-10-4-2-6-16-10/h1,3,5,10,16H,2,4,6-8H2. The summed E-state index contributed by atoms with van der Waals surface area (Å²) >= 11 is 3.18. The third-order valence-corrected chi connectivity index (χ3v) is 3.94. The molecule has 17 heavy (non-hydrogen) atoms. The number of ketones is 1. The van der Waals surface area contributed by atoms with Crippen molar-refractivity contribution in [3.05, 3.63) is 34.1 Å². The Morgan fingerprint density at radius 2 is 2.35 bits per heavy atom. The minimum Gasteiger partial charge on any atom is -0.314 e. The van der Waals surface area contributed by atoms with Crippen molar-refractivity contribution in [3.8, 4) is 0 Å². The first-order valence-corrected chi connectivity index (χ1v) is 6.64. The molecule has 2 nitrogen and oxygen atoms in total. The molecule has 1 unspecified atom stereocenters. The highest BCUT2D eigenvalue weighted by molar-refractivity contribution is 9.10. The third-order valence-electron chi connectivity index (χ3n) is 3.06. The maximum absolute atomic E-state index is 13.3. The zero-order valence-corrected chi connectivity index (χ0v) is 11.1. The van der Waals surface area contributed by atoms with Crippen LogP contribution in [0.3, 0.4) is 0 Å². The van der Waals surface area contributed by atoms with E-state index in [4.69, 9.17) is 0 Å². The fraction of sp³-hybridized carbons (Fsp3) is 0.462. The van der Waals surface area contributed by atoms with Crippen LogP contribution in [0.1, 0.15) is 24.8 Å². The molecule has 1 atom stereocenters. The molecule has 1 aromatic carbocycles. The maximum atomic E-state index is 13.3. The number of carbonyl (C=O) groups excluding carboxylic acids is 1. The summed E-state index contributed by atoms with van der Waals surface area (Å²) in [5.41, 5.74) is 0.730. The molecule has 0 spiro atoms. The number of benzene rings is 1. The SMILES string of the molecule is O=C(Cc1cccc(F)c1Br)CC1CCCN1. The average Bonchev–Trinajstić information content (AvgIpc) is 2.77. The van der Waals surface area contributed by atoms with Crippen LogP contribution in [0.5, 0.6) is 0 Å². The summed E-state index contributed by atoms with van der Waals surface area (Å²) in [5.74, 6) is -0.148. The summed E-state index contributed by atoms with van der Waals surface area (Å²) in [7, 11) is 0. The van der Waals surface area contributed by atoms with Crippen molar-refractivity contribution in [1.82, 2.24) is 5.32 Å². The second kappa shape index (κ2) is 5.74. The van der Waals surface area contributed by atoms with Gasteiger partial charge in [0.05, 0.1) is 4.47 Å². The molecular weight excluding hydrogens is 285 g/mol. The van der Waals surface area contributed by atoms with Crippen LogP contribution in [0.4, 0.5) is 4.39 Å². The Kier molecular flexibility index (Phi) is 4.29. The van der Waals surface area contributed by atoms with Crippen LogP contribution >= 0.6 is 15.9 Å². The van der Waals surface area contributed by atoms with E-state index in [0.717, 1.165) is 24.9 Å². The van der Waals surface area contributed by atoms with Gasteiger partial charge < -0.3 is 5.32 Å². The first kappa shape index (κ1) is 12.7. The van der Waals surface area contributed by atoms with E-state index in [1.54, 1.807) is 12.1 Å². The van der Waals surface area contributed by atoms with Gasteiger partial charge >= 0.3 is 0 Å². The fourth-order valence-corrected chi connectivity index (χ4v) is 2.58. The molecule has 1 aliphatic rings. The molecule has 1 fully saturated rings. The van der Waals surface area contributed by atoms with Gasteiger partial charge in [-0.2, -0.15) is 0 Å². The van der Waals surface area contributed by atoms with Gasteiger partial charge in [-0.1, -0.05) is 12.1 Å². The van der Waals surface area contributed by atoms with E-state index < -0.39 is 0 Å². The Morgan fingerprint density at radius 3 is 3.06 bits per heavy atom. The van der Waals surface area contributed by atoms with Crippen LogP contribution in [0.25, 0.3) is 0 Å². The van der Waals surface area contributed by atoms with Crippen LogP contribution in [-0.4, -0.2) is 18.4 Å². The lowest BCUT2D eigenvalue weighted by Gasteiger charge is -2.09. The molecule has 2 rings (SSSR count). The van der Waals surface area contributed by atoms with Crippen molar-refractivity contribution in [3.63, 3.8) is 0 Å². The van der Waals surface area contributed by atoms with E-state index in [1.807, 2.05) is 0 Å². The second-order valence-corrected chi connectivity index (χ2v) is 5.22. The Morgan fingerprint density at radius 1 is 1.53 bits per heavy atom. The maximum Gasteiger partial charge on any atom is 0.138 e. The summed E-state index contributed by atoms with van der Waals surface area (Å²) in [6, 6.07) is 5.12. The summed E-state index contributed by atoms with van der Waals surface area (Å²) in [6.07, 6.45) is 3.05. The van der Waals surface area contributed by atoms with Gasteiger partial charge in [0.25, 0.3) is 0 Å². The molecule has 1 N–H and O–H groups in total. The Bertz CT molecular complexity index is 416. The minimum atomic E-state index is -0.311. The molecular formula is C13H15BrFNO. The first-order chi connectivity index (χ1) is 8.16. The molecule has 92 valence electrons. The zero-order chi connectivity index (χ0) is 12.3. The second-order valence-electron chi connectivity index (χ2n) is 4.43. The van der Waals surface area contributed by atoms with Crippen molar-refractivity contribution in [2.75, 3.05) is 6.54 Å². The first-order valence-electron chi connectivity index (χ1n) is 5.85. The predicted molar refractivity (Wildman–Crippen MR) is 68.5 cm³/mol. The van der Waals surface area contributed by atoms with Crippen molar-refractivity contribution in [2.24, 2.45) is 0 Å². The van der Waals surface area contributed by atoms with Crippen LogP contribution in [0.15, 0.2) is 22.7 Å². The number of nitrogens with one attached hydrogen (secondary N) is 1. The van der Waals surface area contributed by atoms with E-state index in [0.29, 0.717) is 23.4 Å². The highest BCUT2D eigenvalue weighted by Crippen LogP contribution is 2.21. The van der Waals surface area contributed by atoms with Crippen molar-refractivity contribution in [1.29, 1.82) is 0 Å². The normalized spacial score (nSPS) is 19.5. The van der Waals surface area contributed by atoms with E-state index in [2.05, 4.69) is 21.2 Å². The van der Waals surface area contributed by atoms with Crippen molar-refractivity contribution >= 4 is 21.7 Å². The minimum absolute atomic E-state index is 0.163. The number of hydrogen-bond donors (Lipinski definition) is 1. The lowest BCUT2D eigenvalue weighted by molar-refractivity contribution is -0.118. The molecule has 0 bridgehead atoms. The van der Waals surface area contributed by atoms with E-state index in [9.17, 15) is 9.18 Å². The van der Waals surface area contributed by atoms with E-state index in [-0.39, 0.29) is 11.6 Å². The summed E-state index contributed by atoms with van der Waals surface area (Å²) < 4.78 is 13.7. The number of halogens is 2. The molecule has 0 radical (unpaired) electrons. The molecule has 0 aliphatic carbocycles. The topological polar surface area (TPSA) is 29.1 Å². The van der Waals surface area contributed by atoms with Crippen molar-refractivity contribution in [2.45, 2.75) is 31.7 Å². The van der Waals surface area contributed by atoms with Crippen LogP contribution in [0.2, 0.25) is 0 Å². The van der Waals surface area contributed by atoms with Crippen LogP contribution < -0.4 is 5.32 Å². The summed E-state index contributed by atoms with van der Waals surface area (Å²) in [6.45, 7) is 1.00. The number of carbonyl (C=O) groups is 1. The van der Waals surface area contributed by atoms with Gasteiger partial charge in [-0.3, -0.25) is 4.79 Å². The molecule has 0 aromatic heterocycles. The highest BCUT2D eigenvalue weighted by atomic mass is 79.9. The molecule has 0 amide bonds. The van der Waals surface area contributed by atoms with Crippen LogP contribution in [-0.2, 0) is 11.2 Å². The number of rotatable bonds is 4. The summed E-state index contributed by atoms with van der Waals surface area (Å²) in [4.78, 5) is 11.8. The largest absolute Gasteiger partial charge is 0.314 e. The number of hydrogen-bond acceptors (Lipinski definition) is 2. The van der Waals surface area contributed by atoms with Gasteiger partial charge in [-0.25, -0.2) is 4.39 Å². The van der Waals surface area contributed by atoms with Crippen LogP contribution in [0, 0.1) is 5.82 Å². The number of Topliss-reactive ketones (excluding diaryl/α,β-unsaturated/α-hetero) is 1. The lowest BCUT2D eigenvalue weighted by atomic mass is 10.0. The Balaban J connectivity index is 1.95. The third kappa shape index (κ3) is 3.36. The van der Waals surface area contributed by atoms with Crippen molar-refractivity contribution < 1.29 is 9.18 Å².